The van der Waals surface area contributed by atoms with Gasteiger partial charge >= 0.3 is 5.97 Å². The van der Waals surface area contributed by atoms with Crippen molar-refractivity contribution in [3.8, 4) is 0 Å². The number of carbonyl (C=O) groups excluding carboxylic acids is 1. The Bertz CT molecular complexity index is 404. The van der Waals surface area contributed by atoms with E-state index in [1.807, 2.05) is 32.0 Å². The molecule has 2 rings (SSSR count). The van der Waals surface area contributed by atoms with Crippen molar-refractivity contribution in [3.63, 3.8) is 0 Å². The fourth-order valence-corrected chi connectivity index (χ4v) is 2.47. The fraction of sp³-hybridized carbons (Fsp3) is 0.417. The Kier molecular flexibility index (Phi) is 3.39. The second-order valence-corrected chi connectivity index (χ2v) is 5.08. The van der Waals surface area contributed by atoms with Crippen molar-refractivity contribution < 1.29 is 9.53 Å². The summed E-state index contributed by atoms with van der Waals surface area (Å²) in [6.45, 7) is 4.69. The molecule has 0 saturated carbocycles. The van der Waals surface area contributed by atoms with Crippen molar-refractivity contribution in [2.45, 2.75) is 24.8 Å². The predicted octanol–water partition coefficient (Wildman–Crippen LogP) is 2.77. The van der Waals surface area contributed by atoms with Crippen molar-refractivity contribution in [2.24, 2.45) is 0 Å². The van der Waals surface area contributed by atoms with Gasteiger partial charge < -0.3 is 10.1 Å². The van der Waals surface area contributed by atoms with Gasteiger partial charge in [-0.25, -0.2) is 4.79 Å². The molecule has 0 amide bonds. The van der Waals surface area contributed by atoms with E-state index >= 15 is 0 Å². The van der Waals surface area contributed by atoms with Crippen LogP contribution in [0, 0.1) is 0 Å². The molecule has 1 aliphatic rings. The van der Waals surface area contributed by atoms with Crippen LogP contribution in [-0.4, -0.2) is 24.4 Å². The SMILES string of the molecule is CC(C)OC(=O)c1ccc2c(c1)SCCN2. The van der Waals surface area contributed by atoms with Gasteiger partial charge in [0.05, 0.1) is 11.7 Å². The zero-order valence-corrected chi connectivity index (χ0v) is 10.3. The lowest BCUT2D eigenvalue weighted by Gasteiger charge is -2.18. The zero-order valence-electron chi connectivity index (χ0n) is 9.45. The van der Waals surface area contributed by atoms with E-state index < -0.39 is 0 Å². The van der Waals surface area contributed by atoms with E-state index in [9.17, 15) is 4.79 Å². The second-order valence-electron chi connectivity index (χ2n) is 3.94. The largest absolute Gasteiger partial charge is 0.459 e. The van der Waals surface area contributed by atoms with Crippen LogP contribution in [0.4, 0.5) is 5.69 Å². The highest BCUT2D eigenvalue weighted by atomic mass is 32.2. The van der Waals surface area contributed by atoms with Gasteiger partial charge in [-0.15, -0.1) is 11.8 Å². The molecule has 0 saturated heterocycles. The molecule has 16 heavy (non-hydrogen) atoms. The first-order valence-corrected chi connectivity index (χ1v) is 6.37. The average Bonchev–Trinajstić information content (AvgIpc) is 2.27. The smallest absolute Gasteiger partial charge is 0.338 e. The summed E-state index contributed by atoms with van der Waals surface area (Å²) >= 11 is 1.77. The Balaban J connectivity index is 2.19. The third kappa shape index (κ3) is 2.50. The molecule has 0 fully saturated rings. The molecular weight excluding hydrogens is 222 g/mol. The average molecular weight is 237 g/mol. The van der Waals surface area contributed by atoms with E-state index in [0.29, 0.717) is 5.56 Å². The summed E-state index contributed by atoms with van der Waals surface area (Å²) in [6, 6.07) is 5.65. The van der Waals surface area contributed by atoms with Gasteiger partial charge in [-0.1, -0.05) is 0 Å². The topological polar surface area (TPSA) is 38.3 Å². The molecule has 0 aromatic heterocycles. The van der Waals surface area contributed by atoms with Crippen LogP contribution in [0.1, 0.15) is 24.2 Å². The number of nitrogens with one attached hydrogen (secondary N) is 1. The predicted molar refractivity (Wildman–Crippen MR) is 66.2 cm³/mol. The molecule has 0 radical (unpaired) electrons. The molecule has 4 heteroatoms. The highest BCUT2D eigenvalue weighted by Gasteiger charge is 2.14. The molecule has 86 valence electrons. The highest BCUT2D eigenvalue weighted by molar-refractivity contribution is 7.99. The van der Waals surface area contributed by atoms with Gasteiger partial charge in [0.1, 0.15) is 0 Å². The summed E-state index contributed by atoms with van der Waals surface area (Å²) in [5.74, 6) is 0.791. The van der Waals surface area contributed by atoms with Crippen LogP contribution in [-0.2, 0) is 4.74 Å². The molecule has 1 aromatic rings. The fourth-order valence-electron chi connectivity index (χ4n) is 1.54. The maximum atomic E-state index is 11.7. The lowest BCUT2D eigenvalue weighted by atomic mass is 10.2. The number of ether oxygens (including phenoxy) is 1. The summed E-state index contributed by atoms with van der Waals surface area (Å²) in [7, 11) is 0. The Labute approximate surface area is 99.6 Å². The van der Waals surface area contributed by atoms with E-state index in [4.69, 9.17) is 4.74 Å². The van der Waals surface area contributed by atoms with Crippen molar-refractivity contribution >= 4 is 23.4 Å². The maximum Gasteiger partial charge on any atom is 0.338 e. The van der Waals surface area contributed by atoms with Gasteiger partial charge in [0.25, 0.3) is 0 Å². The standard InChI is InChI=1S/C12H15NO2S/c1-8(2)15-12(14)9-3-4-10-11(7-9)16-6-5-13-10/h3-4,7-8,13H,5-6H2,1-2H3. The number of benzene rings is 1. The van der Waals surface area contributed by atoms with Gasteiger partial charge in [-0.2, -0.15) is 0 Å². The van der Waals surface area contributed by atoms with Gasteiger partial charge in [-0.05, 0) is 32.0 Å². The molecule has 0 unspecified atom stereocenters. The van der Waals surface area contributed by atoms with Crippen molar-refractivity contribution in [1.29, 1.82) is 0 Å². The van der Waals surface area contributed by atoms with E-state index in [1.165, 1.54) is 0 Å². The molecule has 1 N–H and O–H groups in total. The lowest BCUT2D eigenvalue weighted by molar-refractivity contribution is 0.0377. The number of hydrogen-bond donors (Lipinski definition) is 1. The van der Waals surface area contributed by atoms with Crippen LogP contribution in [0.25, 0.3) is 0 Å². The summed E-state index contributed by atoms with van der Waals surface area (Å²) in [5.41, 5.74) is 1.74. The van der Waals surface area contributed by atoms with E-state index in [-0.39, 0.29) is 12.1 Å². The first-order valence-electron chi connectivity index (χ1n) is 5.38. The first kappa shape index (κ1) is 11.3. The summed E-state index contributed by atoms with van der Waals surface area (Å²) in [6.07, 6.45) is -0.0747. The van der Waals surface area contributed by atoms with Crippen LogP contribution in [0.3, 0.4) is 0 Å². The van der Waals surface area contributed by atoms with E-state index in [0.717, 1.165) is 22.9 Å². The van der Waals surface area contributed by atoms with Crippen LogP contribution >= 0.6 is 11.8 Å². The molecule has 0 spiro atoms. The summed E-state index contributed by atoms with van der Waals surface area (Å²) in [4.78, 5) is 12.8. The van der Waals surface area contributed by atoms with Crippen molar-refractivity contribution in [3.05, 3.63) is 23.8 Å². The molecule has 1 aromatic carbocycles. The minimum atomic E-state index is -0.246. The second kappa shape index (κ2) is 4.78. The number of fused-ring (bicyclic) bond motifs is 1. The number of thioether (sulfide) groups is 1. The molecule has 1 heterocycles. The number of hydrogen-bond acceptors (Lipinski definition) is 4. The van der Waals surface area contributed by atoms with Gasteiger partial charge in [0.15, 0.2) is 0 Å². The minimum absolute atomic E-state index is 0.0747. The quantitative estimate of drug-likeness (QED) is 0.803. The van der Waals surface area contributed by atoms with Crippen LogP contribution in [0.15, 0.2) is 23.1 Å². The number of carbonyl (C=O) groups is 1. The molecule has 1 aliphatic heterocycles. The molecule has 3 nitrogen and oxygen atoms in total. The third-order valence-electron chi connectivity index (χ3n) is 2.24. The number of anilines is 1. The normalized spacial score (nSPS) is 14.2. The monoisotopic (exact) mass is 237 g/mol. The first-order chi connectivity index (χ1) is 7.66. The molecular formula is C12H15NO2S. The minimum Gasteiger partial charge on any atom is -0.459 e. The number of esters is 1. The van der Waals surface area contributed by atoms with Crippen LogP contribution < -0.4 is 5.32 Å². The Morgan fingerprint density at radius 1 is 1.50 bits per heavy atom. The third-order valence-corrected chi connectivity index (χ3v) is 3.29. The summed E-state index contributed by atoms with van der Waals surface area (Å²) < 4.78 is 5.16. The van der Waals surface area contributed by atoms with Crippen molar-refractivity contribution in [1.82, 2.24) is 0 Å². The zero-order chi connectivity index (χ0) is 11.5. The van der Waals surface area contributed by atoms with E-state index in [1.54, 1.807) is 11.8 Å². The Morgan fingerprint density at radius 3 is 3.06 bits per heavy atom. The van der Waals surface area contributed by atoms with Gasteiger partial charge in [0.2, 0.25) is 0 Å². The highest BCUT2D eigenvalue weighted by Crippen LogP contribution is 2.31. The number of rotatable bonds is 2. The summed E-state index contributed by atoms with van der Waals surface area (Å²) in [5, 5.41) is 3.30. The molecule has 0 bridgehead atoms. The molecule has 0 aliphatic carbocycles. The maximum absolute atomic E-state index is 11.7. The lowest BCUT2D eigenvalue weighted by Crippen LogP contribution is -2.14. The van der Waals surface area contributed by atoms with Gasteiger partial charge in [0, 0.05) is 22.9 Å². The Morgan fingerprint density at radius 2 is 2.31 bits per heavy atom. The van der Waals surface area contributed by atoms with Gasteiger partial charge in [-0.3, -0.25) is 0 Å². The van der Waals surface area contributed by atoms with Crippen LogP contribution in [0.2, 0.25) is 0 Å². The molecule has 0 atom stereocenters. The van der Waals surface area contributed by atoms with Crippen molar-refractivity contribution in [2.75, 3.05) is 17.6 Å². The Hall–Kier alpha value is -1.16. The van der Waals surface area contributed by atoms with E-state index in [2.05, 4.69) is 5.32 Å². The van der Waals surface area contributed by atoms with Crippen LogP contribution in [0.5, 0.6) is 0 Å².